The first-order chi connectivity index (χ1) is 14.0. The van der Waals surface area contributed by atoms with Crippen molar-refractivity contribution in [1.82, 2.24) is 20.1 Å². The van der Waals surface area contributed by atoms with Gasteiger partial charge in [0.05, 0.1) is 11.1 Å². The Morgan fingerprint density at radius 3 is 2.66 bits per heavy atom. The van der Waals surface area contributed by atoms with E-state index in [4.69, 9.17) is 4.74 Å². The normalized spacial score (nSPS) is 16.0. The number of nitrogens with one attached hydrogen (secondary N) is 1. The predicted octanol–water partition coefficient (Wildman–Crippen LogP) is 4.16. The second kappa shape index (κ2) is 8.23. The van der Waals surface area contributed by atoms with E-state index >= 15 is 0 Å². The number of fused-ring (bicyclic) bond motifs is 1. The minimum absolute atomic E-state index is 0.0822. The van der Waals surface area contributed by atoms with E-state index in [0.717, 1.165) is 40.7 Å². The third-order valence-electron chi connectivity index (χ3n) is 5.65. The molecule has 0 saturated heterocycles. The summed E-state index contributed by atoms with van der Waals surface area (Å²) in [6, 6.07) is 12.3. The van der Waals surface area contributed by atoms with Crippen LogP contribution in [-0.4, -0.2) is 32.8 Å². The molecule has 0 bridgehead atoms. The molecule has 152 valence electrons. The van der Waals surface area contributed by atoms with E-state index in [0.29, 0.717) is 5.88 Å². The molecule has 6 nitrogen and oxygen atoms in total. The molecule has 0 unspecified atom stereocenters. The van der Waals surface area contributed by atoms with Crippen molar-refractivity contribution in [3.8, 4) is 17.0 Å². The molecule has 1 aliphatic carbocycles. The maximum atomic E-state index is 12.6. The average Bonchev–Trinajstić information content (AvgIpc) is 3.02. The van der Waals surface area contributed by atoms with Gasteiger partial charge in [-0.1, -0.05) is 49.6 Å². The first-order valence-electron chi connectivity index (χ1n) is 10.4. The van der Waals surface area contributed by atoms with Crippen molar-refractivity contribution >= 4 is 16.9 Å². The summed E-state index contributed by atoms with van der Waals surface area (Å²) < 4.78 is 7.75. The molecule has 2 aromatic heterocycles. The van der Waals surface area contributed by atoms with Crippen molar-refractivity contribution < 1.29 is 9.53 Å². The van der Waals surface area contributed by atoms with E-state index in [-0.39, 0.29) is 11.9 Å². The number of amides is 1. The number of aryl methyl sites for hydroxylation is 2. The molecule has 1 N–H and O–H groups in total. The number of nitrogens with zero attached hydrogens (tertiary/aromatic N) is 3. The lowest BCUT2D eigenvalue weighted by molar-refractivity contribution is -0.128. The zero-order chi connectivity index (χ0) is 20.4. The molecule has 0 spiro atoms. The molecular formula is C23H28N4O2. The van der Waals surface area contributed by atoms with E-state index in [1.165, 1.54) is 19.3 Å². The monoisotopic (exact) mass is 392 g/mol. The van der Waals surface area contributed by atoms with Crippen molar-refractivity contribution in [2.75, 3.05) is 0 Å². The summed E-state index contributed by atoms with van der Waals surface area (Å²) in [5.41, 5.74) is 3.75. The minimum Gasteiger partial charge on any atom is -0.464 e. The molecule has 1 aliphatic rings. The van der Waals surface area contributed by atoms with E-state index < -0.39 is 6.10 Å². The van der Waals surface area contributed by atoms with Crippen LogP contribution in [0.2, 0.25) is 0 Å². The Bertz CT molecular complexity index is 1010. The van der Waals surface area contributed by atoms with Crippen molar-refractivity contribution in [2.45, 2.75) is 58.1 Å². The number of benzene rings is 1. The lowest BCUT2D eigenvalue weighted by Crippen LogP contribution is -2.43. The molecule has 6 heteroatoms. The van der Waals surface area contributed by atoms with Gasteiger partial charge in [-0.15, -0.1) is 0 Å². The predicted molar refractivity (Wildman–Crippen MR) is 114 cm³/mol. The van der Waals surface area contributed by atoms with Gasteiger partial charge in [-0.25, -0.2) is 0 Å². The first-order valence-corrected chi connectivity index (χ1v) is 10.4. The zero-order valence-electron chi connectivity index (χ0n) is 17.3. The van der Waals surface area contributed by atoms with Crippen LogP contribution in [-0.2, 0) is 11.8 Å². The summed E-state index contributed by atoms with van der Waals surface area (Å²) >= 11 is 0. The van der Waals surface area contributed by atoms with Gasteiger partial charge in [0.15, 0.2) is 11.8 Å². The van der Waals surface area contributed by atoms with Gasteiger partial charge in [-0.05, 0) is 37.8 Å². The second-order valence-electron chi connectivity index (χ2n) is 7.89. The Labute approximate surface area is 171 Å². The molecule has 0 aliphatic heterocycles. The fourth-order valence-electron chi connectivity index (χ4n) is 4.13. The number of pyridine rings is 1. The van der Waals surface area contributed by atoms with Crippen LogP contribution in [0.1, 0.15) is 44.7 Å². The Kier molecular flexibility index (Phi) is 5.51. The number of hydrogen-bond donors (Lipinski definition) is 1. The van der Waals surface area contributed by atoms with Crippen molar-refractivity contribution in [1.29, 1.82) is 0 Å². The summed E-state index contributed by atoms with van der Waals surface area (Å²) in [6.45, 7) is 3.76. The molecule has 1 saturated carbocycles. The van der Waals surface area contributed by atoms with Crippen LogP contribution in [0.15, 0.2) is 36.4 Å². The van der Waals surface area contributed by atoms with Crippen LogP contribution in [0.4, 0.5) is 0 Å². The molecule has 1 atom stereocenters. The Morgan fingerprint density at radius 1 is 1.21 bits per heavy atom. The number of rotatable bonds is 5. The smallest absolute Gasteiger partial charge is 0.261 e. The molecule has 0 radical (unpaired) electrons. The van der Waals surface area contributed by atoms with Gasteiger partial charge >= 0.3 is 0 Å². The van der Waals surface area contributed by atoms with Gasteiger partial charge in [0.2, 0.25) is 5.88 Å². The van der Waals surface area contributed by atoms with Crippen LogP contribution < -0.4 is 10.1 Å². The van der Waals surface area contributed by atoms with Crippen LogP contribution in [0.5, 0.6) is 5.88 Å². The molecule has 29 heavy (non-hydrogen) atoms. The third kappa shape index (κ3) is 4.11. The molecular weight excluding hydrogens is 364 g/mol. The van der Waals surface area contributed by atoms with Gasteiger partial charge in [-0.3, -0.25) is 9.48 Å². The highest BCUT2D eigenvalue weighted by Gasteiger charge is 2.22. The number of aromatic nitrogens is 3. The Morgan fingerprint density at radius 2 is 1.93 bits per heavy atom. The molecule has 1 fully saturated rings. The highest BCUT2D eigenvalue weighted by Crippen LogP contribution is 2.33. The highest BCUT2D eigenvalue weighted by atomic mass is 16.5. The number of hydrogen-bond acceptors (Lipinski definition) is 4. The fraction of sp³-hybridized carbons (Fsp3) is 0.435. The summed E-state index contributed by atoms with van der Waals surface area (Å²) in [4.78, 5) is 17.3. The van der Waals surface area contributed by atoms with Crippen LogP contribution >= 0.6 is 0 Å². The zero-order valence-corrected chi connectivity index (χ0v) is 17.3. The van der Waals surface area contributed by atoms with Gasteiger partial charge in [0.25, 0.3) is 5.91 Å². The molecule has 1 aromatic carbocycles. The SMILES string of the molecule is Cc1nn(C)c2nc(O[C@H](C)C(=O)NC3CCCCC3)cc(-c3ccccc3)c12. The number of ether oxygens (including phenoxy) is 1. The molecule has 1 amide bonds. The maximum absolute atomic E-state index is 12.6. The lowest BCUT2D eigenvalue weighted by atomic mass is 9.95. The van der Waals surface area contributed by atoms with Gasteiger partial charge < -0.3 is 10.1 Å². The summed E-state index contributed by atoms with van der Waals surface area (Å²) in [5.74, 6) is 0.354. The van der Waals surface area contributed by atoms with Crippen LogP contribution in [0, 0.1) is 6.92 Å². The summed E-state index contributed by atoms with van der Waals surface area (Å²) in [6.07, 6.45) is 5.11. The first kappa shape index (κ1) is 19.4. The largest absolute Gasteiger partial charge is 0.464 e. The summed E-state index contributed by atoms with van der Waals surface area (Å²) in [5, 5.41) is 8.66. The highest BCUT2D eigenvalue weighted by molar-refractivity contribution is 5.95. The van der Waals surface area contributed by atoms with Gasteiger partial charge in [0, 0.05) is 19.2 Å². The van der Waals surface area contributed by atoms with Crippen LogP contribution in [0.25, 0.3) is 22.2 Å². The van der Waals surface area contributed by atoms with E-state index in [9.17, 15) is 4.79 Å². The van der Waals surface area contributed by atoms with Crippen molar-refractivity contribution in [3.63, 3.8) is 0 Å². The number of carbonyl (C=O) groups is 1. The quantitative estimate of drug-likeness (QED) is 0.708. The molecule has 3 aromatic rings. The van der Waals surface area contributed by atoms with Crippen molar-refractivity contribution in [2.24, 2.45) is 7.05 Å². The minimum atomic E-state index is -0.611. The van der Waals surface area contributed by atoms with E-state index in [1.54, 1.807) is 11.6 Å². The topological polar surface area (TPSA) is 69.0 Å². The molecule has 2 heterocycles. The molecule has 4 rings (SSSR count). The van der Waals surface area contributed by atoms with Gasteiger partial charge in [-0.2, -0.15) is 10.1 Å². The maximum Gasteiger partial charge on any atom is 0.261 e. The fourth-order valence-corrected chi connectivity index (χ4v) is 4.13. The van der Waals surface area contributed by atoms with Crippen LogP contribution in [0.3, 0.4) is 0 Å². The standard InChI is InChI=1S/C23H28N4O2/c1-15-21-19(17-10-6-4-7-11-17)14-20(25-22(21)27(3)26-15)29-16(2)23(28)24-18-12-8-5-9-13-18/h4,6-7,10-11,14,16,18H,5,8-9,12-13H2,1-3H3,(H,24,28)/t16-/m1/s1. The number of carbonyl (C=O) groups excluding carboxylic acids is 1. The second-order valence-corrected chi connectivity index (χ2v) is 7.89. The van der Waals surface area contributed by atoms with E-state index in [2.05, 4.69) is 27.5 Å². The summed E-state index contributed by atoms with van der Waals surface area (Å²) in [7, 11) is 1.88. The Hall–Kier alpha value is -2.89. The third-order valence-corrected chi connectivity index (χ3v) is 5.65. The van der Waals surface area contributed by atoms with Crippen molar-refractivity contribution in [3.05, 3.63) is 42.1 Å². The lowest BCUT2D eigenvalue weighted by Gasteiger charge is -2.24. The van der Waals surface area contributed by atoms with E-state index in [1.807, 2.05) is 38.2 Å². The average molecular weight is 393 g/mol. The Balaban J connectivity index is 1.62. The van der Waals surface area contributed by atoms with Gasteiger partial charge in [0.1, 0.15) is 0 Å².